The lowest BCUT2D eigenvalue weighted by Gasteiger charge is -2.00. The van der Waals surface area contributed by atoms with Crippen molar-refractivity contribution in [3.63, 3.8) is 0 Å². The van der Waals surface area contributed by atoms with Crippen LogP contribution in [0.2, 0.25) is 0 Å². The van der Waals surface area contributed by atoms with Gasteiger partial charge in [-0.2, -0.15) is 0 Å². The van der Waals surface area contributed by atoms with E-state index in [4.69, 9.17) is 5.11 Å². The predicted octanol–water partition coefficient (Wildman–Crippen LogP) is 2.85. The number of carbonyl (C=O) groups is 1. The van der Waals surface area contributed by atoms with E-state index < -0.39 is 5.97 Å². The van der Waals surface area contributed by atoms with E-state index >= 15 is 0 Å². The minimum Gasteiger partial charge on any atom is -0.478 e. The lowest BCUT2D eigenvalue weighted by atomic mass is 10.1. The second-order valence-electron chi connectivity index (χ2n) is 3.51. The molecule has 1 N–H and O–H groups in total. The molecule has 2 rings (SSSR count). The van der Waals surface area contributed by atoms with Crippen LogP contribution >= 0.6 is 0 Å². The first-order valence-electron chi connectivity index (χ1n) is 5.18. The molecule has 3 nitrogen and oxygen atoms in total. The van der Waals surface area contributed by atoms with E-state index in [1.54, 1.807) is 6.20 Å². The van der Waals surface area contributed by atoms with Gasteiger partial charge in [0.2, 0.25) is 0 Å². The molecule has 0 aliphatic heterocycles. The summed E-state index contributed by atoms with van der Waals surface area (Å²) < 4.78 is 0. The molecule has 0 amide bonds. The highest BCUT2D eigenvalue weighted by atomic mass is 16.4. The van der Waals surface area contributed by atoms with Gasteiger partial charge in [0.15, 0.2) is 0 Å². The second-order valence-corrected chi connectivity index (χ2v) is 3.51. The Morgan fingerprint density at radius 1 is 1.12 bits per heavy atom. The fourth-order valence-corrected chi connectivity index (χ4v) is 1.45. The first kappa shape index (κ1) is 11.1. The Morgan fingerprint density at radius 2 is 1.88 bits per heavy atom. The lowest BCUT2D eigenvalue weighted by Crippen LogP contribution is -1.87. The van der Waals surface area contributed by atoms with Gasteiger partial charge >= 0.3 is 5.97 Å². The smallest absolute Gasteiger partial charge is 0.328 e. The summed E-state index contributed by atoms with van der Waals surface area (Å²) in [7, 11) is 0. The number of hydrogen-bond donors (Lipinski definition) is 1. The summed E-state index contributed by atoms with van der Waals surface area (Å²) in [6.45, 7) is 0. The summed E-state index contributed by atoms with van der Waals surface area (Å²) >= 11 is 0. The van der Waals surface area contributed by atoms with Crippen LogP contribution in [0.25, 0.3) is 17.3 Å². The fraction of sp³-hybridized carbons (Fsp3) is 0. The minimum absolute atomic E-state index is 0.770. The standard InChI is InChI=1S/C14H11NO2/c16-14(17)9-7-11-6-8-13(15-10-11)12-4-2-1-3-5-12/h1-10H,(H,16,17)/b9-7+. The van der Waals surface area contributed by atoms with Crippen LogP contribution in [0.4, 0.5) is 0 Å². The molecule has 0 aliphatic rings. The van der Waals surface area contributed by atoms with Gasteiger partial charge in [-0.3, -0.25) is 4.98 Å². The summed E-state index contributed by atoms with van der Waals surface area (Å²) in [5, 5.41) is 8.50. The maximum Gasteiger partial charge on any atom is 0.328 e. The number of rotatable bonds is 3. The van der Waals surface area contributed by atoms with Crippen LogP contribution in [0, 0.1) is 0 Å². The first-order valence-corrected chi connectivity index (χ1v) is 5.18. The Morgan fingerprint density at radius 3 is 2.47 bits per heavy atom. The van der Waals surface area contributed by atoms with Crippen LogP contribution in [0.5, 0.6) is 0 Å². The van der Waals surface area contributed by atoms with E-state index in [9.17, 15) is 4.79 Å². The Kier molecular flexibility index (Phi) is 3.31. The molecule has 1 aromatic heterocycles. The van der Waals surface area contributed by atoms with Crippen molar-refractivity contribution in [2.45, 2.75) is 0 Å². The van der Waals surface area contributed by atoms with Crippen molar-refractivity contribution >= 4 is 12.0 Å². The molecule has 84 valence electrons. The molecular formula is C14H11NO2. The van der Waals surface area contributed by atoms with Gasteiger partial charge < -0.3 is 5.11 Å². The van der Waals surface area contributed by atoms with Crippen molar-refractivity contribution in [2.75, 3.05) is 0 Å². The molecular weight excluding hydrogens is 214 g/mol. The van der Waals surface area contributed by atoms with E-state index in [0.29, 0.717) is 0 Å². The topological polar surface area (TPSA) is 50.2 Å². The molecule has 17 heavy (non-hydrogen) atoms. The molecule has 0 bridgehead atoms. The van der Waals surface area contributed by atoms with Crippen LogP contribution in [0.3, 0.4) is 0 Å². The van der Waals surface area contributed by atoms with Gasteiger partial charge in [0.05, 0.1) is 5.69 Å². The van der Waals surface area contributed by atoms with Crippen molar-refractivity contribution in [3.8, 4) is 11.3 Å². The molecule has 0 fully saturated rings. The molecule has 2 aromatic rings. The zero-order valence-electron chi connectivity index (χ0n) is 9.08. The number of carboxylic acids is 1. The number of benzene rings is 1. The maximum absolute atomic E-state index is 10.4. The lowest BCUT2D eigenvalue weighted by molar-refractivity contribution is -0.131. The largest absolute Gasteiger partial charge is 0.478 e. The van der Waals surface area contributed by atoms with Crippen LogP contribution < -0.4 is 0 Å². The van der Waals surface area contributed by atoms with Crippen LogP contribution in [0.1, 0.15) is 5.56 Å². The number of aliphatic carboxylic acids is 1. The third kappa shape index (κ3) is 3.01. The second kappa shape index (κ2) is 5.07. The molecule has 0 atom stereocenters. The maximum atomic E-state index is 10.4. The summed E-state index contributed by atoms with van der Waals surface area (Å²) in [6, 6.07) is 13.5. The zero-order valence-corrected chi connectivity index (χ0v) is 9.08. The van der Waals surface area contributed by atoms with Crippen molar-refractivity contribution in [3.05, 3.63) is 60.3 Å². The van der Waals surface area contributed by atoms with E-state index in [1.807, 2.05) is 42.5 Å². The molecule has 1 aromatic carbocycles. The molecule has 3 heteroatoms. The van der Waals surface area contributed by atoms with Crippen molar-refractivity contribution in [2.24, 2.45) is 0 Å². The first-order chi connectivity index (χ1) is 8.25. The van der Waals surface area contributed by atoms with E-state index in [1.165, 1.54) is 6.08 Å². The molecule has 0 saturated heterocycles. The van der Waals surface area contributed by atoms with Gasteiger partial charge in [-0.15, -0.1) is 0 Å². The van der Waals surface area contributed by atoms with Crippen molar-refractivity contribution in [1.82, 2.24) is 4.98 Å². The molecule has 0 aliphatic carbocycles. The molecule has 0 saturated carbocycles. The molecule has 1 heterocycles. The van der Waals surface area contributed by atoms with Gasteiger partial charge in [-0.25, -0.2) is 4.79 Å². The Bertz CT molecular complexity index is 530. The Balaban J connectivity index is 2.22. The van der Waals surface area contributed by atoms with Gasteiger partial charge in [0, 0.05) is 17.8 Å². The van der Waals surface area contributed by atoms with Crippen LogP contribution in [-0.4, -0.2) is 16.1 Å². The monoisotopic (exact) mass is 225 g/mol. The average molecular weight is 225 g/mol. The number of hydrogen-bond acceptors (Lipinski definition) is 2. The van der Waals surface area contributed by atoms with E-state index in [-0.39, 0.29) is 0 Å². The summed E-state index contributed by atoms with van der Waals surface area (Å²) in [5.74, 6) is -0.961. The SMILES string of the molecule is O=C(O)/C=C/c1ccc(-c2ccccc2)nc1. The third-order valence-electron chi connectivity index (χ3n) is 2.27. The van der Waals surface area contributed by atoms with E-state index in [0.717, 1.165) is 22.9 Å². The summed E-state index contributed by atoms with van der Waals surface area (Å²) in [4.78, 5) is 14.6. The Hall–Kier alpha value is -2.42. The normalized spacial score (nSPS) is 10.6. The van der Waals surface area contributed by atoms with Gasteiger partial charge in [-0.1, -0.05) is 36.4 Å². The number of aromatic nitrogens is 1. The predicted molar refractivity (Wildman–Crippen MR) is 66.3 cm³/mol. The van der Waals surface area contributed by atoms with Gasteiger partial charge in [0.25, 0.3) is 0 Å². The fourth-order valence-electron chi connectivity index (χ4n) is 1.45. The van der Waals surface area contributed by atoms with E-state index in [2.05, 4.69) is 4.98 Å². The minimum atomic E-state index is -0.961. The summed E-state index contributed by atoms with van der Waals surface area (Å²) in [5.41, 5.74) is 2.69. The number of pyridine rings is 1. The van der Waals surface area contributed by atoms with Gasteiger partial charge in [0.1, 0.15) is 0 Å². The molecule has 0 radical (unpaired) electrons. The average Bonchev–Trinajstić information content (AvgIpc) is 2.38. The van der Waals surface area contributed by atoms with Crippen LogP contribution in [0.15, 0.2) is 54.7 Å². The number of carboxylic acid groups (broad SMARTS) is 1. The molecule has 0 unspecified atom stereocenters. The number of nitrogens with zero attached hydrogens (tertiary/aromatic N) is 1. The third-order valence-corrected chi connectivity index (χ3v) is 2.27. The van der Waals surface area contributed by atoms with Gasteiger partial charge in [-0.05, 0) is 17.7 Å². The highest BCUT2D eigenvalue weighted by Gasteiger charge is 1.97. The molecule has 0 spiro atoms. The van der Waals surface area contributed by atoms with Crippen LogP contribution in [-0.2, 0) is 4.79 Å². The highest BCUT2D eigenvalue weighted by Crippen LogP contribution is 2.16. The van der Waals surface area contributed by atoms with Crippen molar-refractivity contribution in [1.29, 1.82) is 0 Å². The van der Waals surface area contributed by atoms with Crippen molar-refractivity contribution < 1.29 is 9.90 Å². The Labute approximate surface area is 99.1 Å². The summed E-state index contributed by atoms with van der Waals surface area (Å²) in [6.07, 6.45) is 4.27. The highest BCUT2D eigenvalue weighted by molar-refractivity contribution is 5.85. The quantitative estimate of drug-likeness (QED) is 0.817. The zero-order chi connectivity index (χ0) is 12.1.